The Morgan fingerprint density at radius 2 is 1.51 bits per heavy atom. The molecule has 9 heteroatoms. The normalized spacial score (nSPS) is 12.3. The second kappa shape index (κ2) is 13.9. The van der Waals surface area contributed by atoms with E-state index in [1.54, 1.807) is 18.2 Å². The Morgan fingerprint density at radius 1 is 0.854 bits per heavy atom. The molecule has 0 aromatic heterocycles. The summed E-state index contributed by atoms with van der Waals surface area (Å²) in [6.45, 7) is 2.16. The maximum absolute atomic E-state index is 14.0. The van der Waals surface area contributed by atoms with Gasteiger partial charge in [0.25, 0.3) is 0 Å². The minimum absolute atomic E-state index is 0.104. The Morgan fingerprint density at radius 3 is 2.20 bits per heavy atom. The maximum Gasteiger partial charge on any atom is 0.243 e. The first-order valence-corrected chi connectivity index (χ1v) is 15.7. The highest BCUT2D eigenvalue weighted by Crippen LogP contribution is 2.22. The smallest absolute Gasteiger partial charge is 0.243 e. The van der Waals surface area contributed by atoms with E-state index in [-0.39, 0.29) is 17.3 Å². The van der Waals surface area contributed by atoms with E-state index in [2.05, 4.69) is 21.2 Å². The van der Waals surface area contributed by atoms with E-state index in [4.69, 9.17) is 0 Å². The molecule has 4 aromatic carbocycles. The minimum Gasteiger partial charge on any atom is -0.354 e. The van der Waals surface area contributed by atoms with E-state index in [1.165, 1.54) is 11.9 Å². The lowest BCUT2D eigenvalue weighted by Gasteiger charge is -2.32. The molecule has 0 aliphatic heterocycles. The Hall–Kier alpha value is -3.53. The van der Waals surface area contributed by atoms with Gasteiger partial charge in [-0.05, 0) is 52.6 Å². The van der Waals surface area contributed by atoms with Crippen LogP contribution in [0.4, 0.5) is 0 Å². The summed E-state index contributed by atoms with van der Waals surface area (Å²) < 4.78 is 29.0. The van der Waals surface area contributed by atoms with Gasteiger partial charge in [0.1, 0.15) is 6.04 Å². The third-order valence-corrected chi connectivity index (χ3v) is 9.20. The summed E-state index contributed by atoms with van der Waals surface area (Å²) in [6.07, 6.45) is 1.04. The summed E-state index contributed by atoms with van der Waals surface area (Å²) in [5, 5.41) is 4.65. The zero-order valence-electron chi connectivity index (χ0n) is 23.2. The summed E-state index contributed by atoms with van der Waals surface area (Å²) in [6, 6.07) is 28.6. The van der Waals surface area contributed by atoms with Crippen LogP contribution in [0.25, 0.3) is 10.8 Å². The van der Waals surface area contributed by atoms with Crippen LogP contribution in [0.15, 0.2) is 106 Å². The van der Waals surface area contributed by atoms with Crippen LogP contribution in [0.3, 0.4) is 0 Å². The topological polar surface area (TPSA) is 86.8 Å². The Kier molecular flexibility index (Phi) is 10.3. The first kappa shape index (κ1) is 30.4. The van der Waals surface area contributed by atoms with Gasteiger partial charge in [-0.3, -0.25) is 9.59 Å². The van der Waals surface area contributed by atoms with E-state index < -0.39 is 28.5 Å². The highest BCUT2D eigenvalue weighted by Gasteiger charge is 2.33. The number of benzene rings is 4. The van der Waals surface area contributed by atoms with Crippen molar-refractivity contribution in [3.8, 4) is 0 Å². The number of carbonyl (C=O) groups is 2. The van der Waals surface area contributed by atoms with Crippen molar-refractivity contribution in [2.75, 3.05) is 20.1 Å². The summed E-state index contributed by atoms with van der Waals surface area (Å²) in [5.74, 6) is -0.742. The van der Waals surface area contributed by atoms with Gasteiger partial charge in [0.15, 0.2) is 0 Å². The fourth-order valence-corrected chi connectivity index (χ4v) is 6.00. The number of halogens is 1. The molecule has 214 valence electrons. The van der Waals surface area contributed by atoms with Crippen molar-refractivity contribution in [1.82, 2.24) is 14.5 Å². The van der Waals surface area contributed by atoms with Gasteiger partial charge in [0.05, 0.1) is 11.4 Å². The number of carbonyl (C=O) groups excluding carboxylic acids is 2. The first-order valence-electron chi connectivity index (χ1n) is 13.5. The maximum atomic E-state index is 14.0. The zero-order valence-corrected chi connectivity index (χ0v) is 25.6. The lowest BCUT2D eigenvalue weighted by molar-refractivity contribution is -0.141. The second-order valence-corrected chi connectivity index (χ2v) is 12.9. The Bertz CT molecular complexity index is 1590. The number of fused-ring (bicyclic) bond motifs is 1. The van der Waals surface area contributed by atoms with Crippen molar-refractivity contribution in [3.63, 3.8) is 0 Å². The predicted molar refractivity (Wildman–Crippen MR) is 166 cm³/mol. The van der Waals surface area contributed by atoms with Crippen molar-refractivity contribution in [3.05, 3.63) is 113 Å². The lowest BCUT2D eigenvalue weighted by atomic mass is 10.0. The van der Waals surface area contributed by atoms with E-state index >= 15 is 0 Å². The fourth-order valence-electron chi connectivity index (χ4n) is 4.58. The van der Waals surface area contributed by atoms with Gasteiger partial charge < -0.3 is 10.2 Å². The number of nitrogens with zero attached hydrogens (tertiary/aromatic N) is 2. The van der Waals surface area contributed by atoms with Crippen LogP contribution >= 0.6 is 15.9 Å². The van der Waals surface area contributed by atoms with Crippen molar-refractivity contribution in [2.24, 2.45) is 0 Å². The van der Waals surface area contributed by atoms with Gasteiger partial charge in [-0.25, -0.2) is 8.42 Å². The van der Waals surface area contributed by atoms with Gasteiger partial charge in [-0.15, -0.1) is 0 Å². The number of amides is 2. The minimum atomic E-state index is -3.98. The third-order valence-electron chi connectivity index (χ3n) is 6.87. The van der Waals surface area contributed by atoms with Gasteiger partial charge in [-0.1, -0.05) is 95.7 Å². The van der Waals surface area contributed by atoms with Crippen LogP contribution in [0.1, 0.15) is 24.5 Å². The second-order valence-electron chi connectivity index (χ2n) is 9.91. The van der Waals surface area contributed by atoms with Crippen molar-refractivity contribution >= 4 is 48.5 Å². The van der Waals surface area contributed by atoms with Crippen molar-refractivity contribution in [2.45, 2.75) is 37.2 Å². The molecular weight excluding hydrogens is 602 g/mol. The highest BCUT2D eigenvalue weighted by molar-refractivity contribution is 9.10. The quantitative estimate of drug-likeness (QED) is 0.226. The largest absolute Gasteiger partial charge is 0.354 e. The van der Waals surface area contributed by atoms with Crippen molar-refractivity contribution in [1.29, 1.82) is 0 Å². The van der Waals surface area contributed by atoms with Crippen molar-refractivity contribution < 1.29 is 18.0 Å². The molecule has 0 saturated heterocycles. The van der Waals surface area contributed by atoms with E-state index in [0.29, 0.717) is 13.0 Å². The van der Waals surface area contributed by atoms with Crippen LogP contribution < -0.4 is 5.32 Å². The average molecular weight is 637 g/mol. The molecule has 0 aliphatic rings. The van der Waals surface area contributed by atoms with E-state index in [9.17, 15) is 18.0 Å². The average Bonchev–Trinajstić information content (AvgIpc) is 2.98. The molecule has 1 N–H and O–H groups in total. The van der Waals surface area contributed by atoms with Crippen LogP contribution in [0.2, 0.25) is 0 Å². The number of sulfonamides is 1. The van der Waals surface area contributed by atoms with Crippen LogP contribution in [0, 0.1) is 0 Å². The summed E-state index contributed by atoms with van der Waals surface area (Å²) in [4.78, 5) is 29.0. The molecule has 0 saturated carbocycles. The van der Waals surface area contributed by atoms with Gasteiger partial charge in [0, 0.05) is 31.0 Å². The molecule has 1 atom stereocenters. The molecule has 4 aromatic rings. The van der Waals surface area contributed by atoms with Gasteiger partial charge in [0.2, 0.25) is 21.8 Å². The monoisotopic (exact) mass is 635 g/mol. The molecule has 0 unspecified atom stereocenters. The van der Waals surface area contributed by atoms with Gasteiger partial charge in [-0.2, -0.15) is 4.31 Å². The third kappa shape index (κ3) is 7.81. The zero-order chi connectivity index (χ0) is 29.4. The van der Waals surface area contributed by atoms with Gasteiger partial charge >= 0.3 is 0 Å². The molecule has 2 amide bonds. The molecule has 7 nitrogen and oxygen atoms in total. The number of hydrogen-bond acceptors (Lipinski definition) is 4. The lowest BCUT2D eigenvalue weighted by Crippen LogP contribution is -2.53. The number of likely N-dealkylation sites (N-methyl/N-ethyl adjacent to an activating group) is 1. The molecule has 0 aliphatic carbocycles. The molecule has 41 heavy (non-hydrogen) atoms. The number of nitrogens with one attached hydrogen (secondary N) is 1. The fraction of sp³-hybridized carbons (Fsp3) is 0.250. The van der Waals surface area contributed by atoms with Crippen LogP contribution in [0.5, 0.6) is 0 Å². The highest BCUT2D eigenvalue weighted by atomic mass is 79.9. The molecule has 4 rings (SSSR count). The Balaban J connectivity index is 1.65. The molecule has 0 bridgehead atoms. The summed E-state index contributed by atoms with van der Waals surface area (Å²) in [7, 11) is -2.58. The molecule has 0 fully saturated rings. The molecule has 0 spiro atoms. The van der Waals surface area contributed by atoms with E-state index in [1.807, 2.05) is 85.8 Å². The predicted octanol–water partition coefficient (Wildman–Crippen LogP) is 5.39. The number of hydrogen-bond donors (Lipinski definition) is 1. The summed E-state index contributed by atoms with van der Waals surface area (Å²) in [5.41, 5.74) is 1.72. The molecular formula is C32H34BrN3O4S. The molecule has 0 radical (unpaired) electrons. The first-order chi connectivity index (χ1) is 19.7. The standard InChI is InChI=1S/C32H34BrN3O4S/c1-3-19-34-32(38)30(20-24-9-5-4-6-10-24)36(22-25-13-16-28(33)17-14-25)31(37)23-35(2)41(39,40)29-18-15-26-11-7-8-12-27(26)21-29/h4-18,21,30H,3,19-20,22-23H2,1-2H3,(H,34,38)/t30-/m1/s1. The van der Waals surface area contributed by atoms with Crippen LogP contribution in [-0.2, 0) is 32.6 Å². The number of rotatable bonds is 12. The summed E-state index contributed by atoms with van der Waals surface area (Å²) >= 11 is 3.44. The molecule has 0 heterocycles. The van der Waals surface area contributed by atoms with Crippen LogP contribution in [-0.4, -0.2) is 55.6 Å². The SMILES string of the molecule is CCCNC(=O)[C@@H](Cc1ccccc1)N(Cc1ccc(Br)cc1)C(=O)CN(C)S(=O)(=O)c1ccc2ccccc2c1. The van der Waals surface area contributed by atoms with E-state index in [0.717, 1.165) is 37.1 Å². The Labute approximate surface area is 250 Å².